The maximum atomic E-state index is 12.6. The molecule has 1 spiro atoms. The van der Waals surface area contributed by atoms with Gasteiger partial charge in [0.05, 0.1) is 0 Å². The van der Waals surface area contributed by atoms with Crippen LogP contribution < -0.4 is 5.56 Å². The molecule has 144 valence electrons. The third-order valence-electron chi connectivity index (χ3n) is 6.16. The fourth-order valence-electron chi connectivity index (χ4n) is 4.38. The van der Waals surface area contributed by atoms with Gasteiger partial charge in [0.2, 0.25) is 5.91 Å². The van der Waals surface area contributed by atoms with Gasteiger partial charge in [-0.15, -0.1) is 0 Å². The Morgan fingerprint density at radius 3 is 2.48 bits per heavy atom. The number of aromatic amines is 1. The number of aromatic nitrogens is 1. The summed E-state index contributed by atoms with van der Waals surface area (Å²) in [5, 5.41) is 9.57. The molecule has 2 aliphatic heterocycles. The quantitative estimate of drug-likeness (QED) is 0.810. The van der Waals surface area contributed by atoms with E-state index in [0.29, 0.717) is 38.9 Å². The number of carboxylic acid groups (broad SMARTS) is 1. The number of hydrogen-bond donors (Lipinski definition) is 2. The van der Waals surface area contributed by atoms with E-state index < -0.39 is 17.6 Å². The largest absolute Gasteiger partial charge is 0.480 e. The molecule has 2 amide bonds. The lowest BCUT2D eigenvalue weighted by atomic mass is 9.76. The Morgan fingerprint density at radius 1 is 1.19 bits per heavy atom. The SMILES string of the molecule is O=C(O)C1CC2(CCN(C(=O)c3ccc[nH]c3=O)CC2)CN1C(=O)C1CC1. The van der Waals surface area contributed by atoms with E-state index in [4.69, 9.17) is 0 Å². The predicted octanol–water partition coefficient (Wildman–Crippen LogP) is 0.693. The second-order valence-corrected chi connectivity index (χ2v) is 8.00. The number of carbonyl (C=O) groups is 3. The summed E-state index contributed by atoms with van der Waals surface area (Å²) >= 11 is 0. The van der Waals surface area contributed by atoms with E-state index in [-0.39, 0.29) is 28.7 Å². The molecule has 1 aliphatic carbocycles. The lowest BCUT2D eigenvalue weighted by molar-refractivity contribution is -0.148. The predicted molar refractivity (Wildman–Crippen MR) is 95.1 cm³/mol. The lowest BCUT2D eigenvalue weighted by Gasteiger charge is -2.39. The van der Waals surface area contributed by atoms with Crippen LogP contribution >= 0.6 is 0 Å². The van der Waals surface area contributed by atoms with Gasteiger partial charge in [0.25, 0.3) is 11.5 Å². The molecule has 0 radical (unpaired) electrons. The first-order chi connectivity index (χ1) is 12.9. The van der Waals surface area contributed by atoms with Gasteiger partial charge in [-0.3, -0.25) is 14.4 Å². The number of carbonyl (C=O) groups excluding carboxylic acids is 2. The lowest BCUT2D eigenvalue weighted by Crippen LogP contribution is -2.46. The van der Waals surface area contributed by atoms with Crippen molar-refractivity contribution in [1.29, 1.82) is 0 Å². The Balaban J connectivity index is 1.46. The number of hydrogen-bond acceptors (Lipinski definition) is 4. The minimum atomic E-state index is -0.949. The molecule has 1 aromatic rings. The van der Waals surface area contributed by atoms with Crippen LogP contribution in [0.15, 0.2) is 23.1 Å². The van der Waals surface area contributed by atoms with Crippen molar-refractivity contribution in [1.82, 2.24) is 14.8 Å². The highest BCUT2D eigenvalue weighted by atomic mass is 16.4. The van der Waals surface area contributed by atoms with Crippen molar-refractivity contribution in [2.75, 3.05) is 19.6 Å². The smallest absolute Gasteiger partial charge is 0.326 e. The molecular formula is C19H23N3O5. The van der Waals surface area contributed by atoms with E-state index in [1.54, 1.807) is 15.9 Å². The van der Waals surface area contributed by atoms with Crippen LogP contribution in [0.25, 0.3) is 0 Å². The monoisotopic (exact) mass is 373 g/mol. The summed E-state index contributed by atoms with van der Waals surface area (Å²) in [6, 6.07) is 2.37. The standard InChI is InChI=1S/C19H23N3O5/c23-15-13(2-1-7-20-15)17(25)21-8-5-19(6-9-21)10-14(18(26)27)22(11-19)16(24)12-3-4-12/h1-2,7,12,14H,3-6,8-11H2,(H,20,23)(H,26,27). The van der Waals surface area contributed by atoms with Crippen molar-refractivity contribution >= 4 is 17.8 Å². The number of nitrogens with zero attached hydrogens (tertiary/aromatic N) is 2. The van der Waals surface area contributed by atoms with Crippen molar-refractivity contribution < 1.29 is 19.5 Å². The summed E-state index contributed by atoms with van der Waals surface area (Å²) in [6.07, 6.45) is 4.91. The maximum Gasteiger partial charge on any atom is 0.326 e. The van der Waals surface area contributed by atoms with E-state index in [2.05, 4.69) is 4.98 Å². The normalized spacial score (nSPS) is 24.2. The average molecular weight is 373 g/mol. The number of rotatable bonds is 3. The van der Waals surface area contributed by atoms with Crippen LogP contribution in [0.1, 0.15) is 42.5 Å². The van der Waals surface area contributed by atoms with Crippen LogP contribution in [0, 0.1) is 11.3 Å². The van der Waals surface area contributed by atoms with Crippen molar-refractivity contribution in [2.45, 2.75) is 38.1 Å². The minimum Gasteiger partial charge on any atom is -0.480 e. The zero-order valence-corrected chi connectivity index (χ0v) is 15.0. The minimum absolute atomic E-state index is 0.00604. The van der Waals surface area contributed by atoms with Crippen molar-refractivity contribution in [2.24, 2.45) is 11.3 Å². The number of aliphatic carboxylic acids is 1. The van der Waals surface area contributed by atoms with Gasteiger partial charge < -0.3 is 19.9 Å². The molecule has 3 fully saturated rings. The van der Waals surface area contributed by atoms with E-state index in [9.17, 15) is 24.3 Å². The summed E-state index contributed by atoms with van der Waals surface area (Å²) in [5.74, 6) is -1.29. The zero-order valence-electron chi connectivity index (χ0n) is 15.0. The highest BCUT2D eigenvalue weighted by molar-refractivity contribution is 5.94. The van der Waals surface area contributed by atoms with Crippen LogP contribution in [-0.4, -0.2) is 63.4 Å². The summed E-state index contributed by atoms with van der Waals surface area (Å²) in [4.78, 5) is 54.4. The molecule has 27 heavy (non-hydrogen) atoms. The van der Waals surface area contributed by atoms with E-state index in [1.807, 2.05) is 0 Å². The molecule has 8 heteroatoms. The Hall–Kier alpha value is -2.64. The van der Waals surface area contributed by atoms with E-state index in [1.165, 1.54) is 12.3 Å². The molecule has 1 atom stereocenters. The number of H-pyrrole nitrogens is 1. The molecule has 2 saturated heterocycles. The van der Waals surface area contributed by atoms with Crippen LogP contribution in [0.3, 0.4) is 0 Å². The molecule has 1 unspecified atom stereocenters. The van der Waals surface area contributed by atoms with Crippen molar-refractivity contribution in [3.63, 3.8) is 0 Å². The molecular weight excluding hydrogens is 350 g/mol. The first-order valence-electron chi connectivity index (χ1n) is 9.40. The summed E-state index contributed by atoms with van der Waals surface area (Å²) in [5.41, 5.74) is -0.544. The van der Waals surface area contributed by atoms with Gasteiger partial charge in [0.1, 0.15) is 11.6 Å². The number of nitrogens with one attached hydrogen (secondary N) is 1. The number of likely N-dealkylation sites (tertiary alicyclic amines) is 2. The Morgan fingerprint density at radius 2 is 1.89 bits per heavy atom. The molecule has 1 aromatic heterocycles. The Bertz CT molecular complexity index is 836. The zero-order chi connectivity index (χ0) is 19.2. The summed E-state index contributed by atoms with van der Waals surface area (Å²) < 4.78 is 0. The fraction of sp³-hybridized carbons (Fsp3) is 0.579. The maximum absolute atomic E-state index is 12.6. The second kappa shape index (κ2) is 6.51. The third kappa shape index (κ3) is 3.24. The van der Waals surface area contributed by atoms with Crippen LogP contribution in [0.4, 0.5) is 0 Å². The van der Waals surface area contributed by atoms with Crippen LogP contribution in [0.5, 0.6) is 0 Å². The molecule has 1 saturated carbocycles. The third-order valence-corrected chi connectivity index (χ3v) is 6.16. The molecule has 2 N–H and O–H groups in total. The van der Waals surface area contributed by atoms with Gasteiger partial charge >= 0.3 is 5.97 Å². The van der Waals surface area contributed by atoms with Gasteiger partial charge in [-0.05, 0) is 49.7 Å². The molecule has 8 nitrogen and oxygen atoms in total. The van der Waals surface area contributed by atoms with Gasteiger partial charge in [-0.2, -0.15) is 0 Å². The summed E-state index contributed by atoms with van der Waals surface area (Å²) in [6.45, 7) is 1.38. The molecule has 4 rings (SSSR count). The van der Waals surface area contributed by atoms with Crippen molar-refractivity contribution in [3.05, 3.63) is 34.2 Å². The van der Waals surface area contributed by atoms with Crippen molar-refractivity contribution in [3.8, 4) is 0 Å². The highest BCUT2D eigenvalue weighted by Gasteiger charge is 2.52. The molecule has 0 bridgehead atoms. The number of pyridine rings is 1. The van der Waals surface area contributed by atoms with Gasteiger partial charge in [0.15, 0.2) is 0 Å². The number of carboxylic acids is 1. The number of piperidine rings is 1. The second-order valence-electron chi connectivity index (χ2n) is 8.00. The van der Waals surface area contributed by atoms with E-state index >= 15 is 0 Å². The first kappa shape index (κ1) is 17.8. The average Bonchev–Trinajstić information content (AvgIpc) is 3.44. The molecule has 3 heterocycles. The summed E-state index contributed by atoms with van der Waals surface area (Å²) in [7, 11) is 0. The Kier molecular flexibility index (Phi) is 4.28. The van der Waals surface area contributed by atoms with E-state index in [0.717, 1.165) is 12.8 Å². The highest BCUT2D eigenvalue weighted by Crippen LogP contribution is 2.45. The molecule has 3 aliphatic rings. The topological polar surface area (TPSA) is 111 Å². The Labute approximate surface area is 156 Å². The van der Waals surface area contributed by atoms with Gasteiger partial charge in [-0.25, -0.2) is 4.79 Å². The number of amides is 2. The molecule has 0 aromatic carbocycles. The first-order valence-corrected chi connectivity index (χ1v) is 9.40. The fourth-order valence-corrected chi connectivity index (χ4v) is 4.38. The van der Waals surface area contributed by atoms with Crippen LogP contribution in [-0.2, 0) is 9.59 Å². The van der Waals surface area contributed by atoms with Crippen LogP contribution in [0.2, 0.25) is 0 Å². The van der Waals surface area contributed by atoms with Gasteiger partial charge in [-0.1, -0.05) is 0 Å². The van der Waals surface area contributed by atoms with Gasteiger partial charge in [0, 0.05) is 31.7 Å².